The van der Waals surface area contributed by atoms with Crippen molar-refractivity contribution < 1.29 is 9.53 Å². The average Bonchev–Trinajstić information content (AvgIpc) is 2.44. The number of hydrogen-bond acceptors (Lipinski definition) is 3. The summed E-state index contributed by atoms with van der Waals surface area (Å²) in [5, 5.41) is 0. The molecule has 0 saturated heterocycles. The van der Waals surface area contributed by atoms with Crippen LogP contribution in [0, 0.1) is 0 Å². The summed E-state index contributed by atoms with van der Waals surface area (Å²) in [4.78, 5) is 14.3. The molecular weight excluding hydrogens is 272 g/mol. The fourth-order valence-corrected chi connectivity index (χ4v) is 1.99. The van der Waals surface area contributed by atoms with Gasteiger partial charge in [-0.25, -0.2) is 0 Å². The first-order chi connectivity index (χ1) is 9.58. The van der Waals surface area contributed by atoms with Crippen molar-refractivity contribution in [1.29, 1.82) is 0 Å². The minimum atomic E-state index is 0.107. The van der Waals surface area contributed by atoms with Crippen LogP contribution in [-0.2, 0) is 16.0 Å². The van der Waals surface area contributed by atoms with Crippen LogP contribution in [0.3, 0.4) is 0 Å². The number of carbonyl (C=O) groups excluding carboxylic acids is 1. The Hall–Kier alpha value is -1.46. The maximum Gasteiger partial charge on any atom is 0.227 e. The number of hydrogen-bond donors (Lipinski definition) is 1. The van der Waals surface area contributed by atoms with Gasteiger partial charge in [-0.2, -0.15) is 0 Å². The molecule has 1 amide bonds. The summed E-state index contributed by atoms with van der Waals surface area (Å²) in [5.41, 5.74) is 7.33. The van der Waals surface area contributed by atoms with E-state index < -0.39 is 0 Å². The molecule has 0 saturated carbocycles. The number of amides is 1. The molecule has 0 atom stereocenters. The van der Waals surface area contributed by atoms with Gasteiger partial charge in [-0.05, 0) is 19.4 Å². The molecule has 1 aromatic carbocycles. The Balaban J connectivity index is 2.56. The van der Waals surface area contributed by atoms with Crippen molar-refractivity contribution in [2.75, 3.05) is 26.3 Å². The van der Waals surface area contributed by atoms with E-state index in [2.05, 4.69) is 0 Å². The zero-order chi connectivity index (χ0) is 15.0. The smallest absolute Gasteiger partial charge is 0.227 e. The number of nitrogens with zero attached hydrogens (tertiary/aromatic N) is 1. The van der Waals surface area contributed by atoms with Gasteiger partial charge in [0.15, 0.2) is 0 Å². The van der Waals surface area contributed by atoms with E-state index in [1.807, 2.05) is 38.1 Å². The molecule has 0 aliphatic rings. The zero-order valence-electron chi connectivity index (χ0n) is 12.1. The van der Waals surface area contributed by atoms with E-state index in [1.54, 1.807) is 4.90 Å². The Morgan fingerprint density at radius 3 is 2.45 bits per heavy atom. The summed E-state index contributed by atoms with van der Waals surface area (Å²) in [6.07, 6.45) is 0.386. The first-order valence-electron chi connectivity index (χ1n) is 6.82. The maximum atomic E-state index is 12.2. The monoisotopic (exact) mass is 294 g/mol. The molecule has 0 spiro atoms. The molecule has 0 radical (unpaired) electrons. The lowest BCUT2D eigenvalue weighted by atomic mass is 10.1. The van der Waals surface area contributed by atoms with E-state index >= 15 is 0 Å². The van der Waals surface area contributed by atoms with Crippen molar-refractivity contribution in [2.24, 2.45) is 5.73 Å². The van der Waals surface area contributed by atoms with Gasteiger partial charge >= 0.3 is 0 Å². The summed E-state index contributed by atoms with van der Waals surface area (Å²) < 4.78 is 5.29. The second-order valence-electron chi connectivity index (χ2n) is 4.41. The summed E-state index contributed by atoms with van der Waals surface area (Å²) in [5.74, 6) is 0.107. The highest BCUT2D eigenvalue weighted by Crippen LogP contribution is 2.07. The molecule has 4 nitrogen and oxygen atoms in total. The van der Waals surface area contributed by atoms with Gasteiger partial charge in [-0.1, -0.05) is 36.5 Å². The SMILES string of the molecule is CCOCCN(CC)C(=O)Cc1ccc(C(N)=S)cc1. The Morgan fingerprint density at radius 2 is 1.95 bits per heavy atom. The minimum absolute atomic E-state index is 0.107. The second-order valence-corrected chi connectivity index (χ2v) is 4.85. The third-order valence-electron chi connectivity index (χ3n) is 3.04. The number of ether oxygens (including phenoxy) is 1. The lowest BCUT2D eigenvalue weighted by molar-refractivity contribution is -0.131. The molecule has 0 bridgehead atoms. The van der Waals surface area contributed by atoms with Gasteiger partial charge in [0, 0.05) is 25.3 Å². The third kappa shape index (κ3) is 5.27. The first kappa shape index (κ1) is 16.6. The Labute approximate surface area is 125 Å². The molecule has 110 valence electrons. The summed E-state index contributed by atoms with van der Waals surface area (Å²) in [6, 6.07) is 7.48. The molecule has 0 fully saturated rings. The lowest BCUT2D eigenvalue weighted by Crippen LogP contribution is -2.35. The number of rotatable bonds is 8. The molecule has 0 aromatic heterocycles. The van der Waals surface area contributed by atoms with E-state index in [1.165, 1.54) is 0 Å². The summed E-state index contributed by atoms with van der Waals surface area (Å²) >= 11 is 4.90. The van der Waals surface area contributed by atoms with E-state index in [0.29, 0.717) is 37.7 Å². The molecule has 0 aliphatic heterocycles. The Bertz CT molecular complexity index is 446. The average molecular weight is 294 g/mol. The van der Waals surface area contributed by atoms with Crippen LogP contribution in [0.25, 0.3) is 0 Å². The second kappa shape index (κ2) is 8.66. The van der Waals surface area contributed by atoms with Gasteiger partial charge in [-0.3, -0.25) is 4.79 Å². The molecule has 0 unspecified atom stereocenters. The molecule has 1 rings (SSSR count). The first-order valence-corrected chi connectivity index (χ1v) is 7.23. The van der Waals surface area contributed by atoms with Crippen LogP contribution in [0.4, 0.5) is 0 Å². The zero-order valence-corrected chi connectivity index (χ0v) is 12.9. The largest absolute Gasteiger partial charge is 0.389 e. The van der Waals surface area contributed by atoms with Crippen LogP contribution in [0.15, 0.2) is 24.3 Å². The van der Waals surface area contributed by atoms with Crippen LogP contribution in [0.2, 0.25) is 0 Å². The third-order valence-corrected chi connectivity index (χ3v) is 3.27. The predicted molar refractivity (Wildman–Crippen MR) is 84.8 cm³/mol. The van der Waals surface area contributed by atoms with Crippen molar-refractivity contribution >= 4 is 23.1 Å². The minimum Gasteiger partial charge on any atom is -0.389 e. The highest BCUT2D eigenvalue weighted by atomic mass is 32.1. The van der Waals surface area contributed by atoms with Gasteiger partial charge in [0.05, 0.1) is 13.0 Å². The molecule has 20 heavy (non-hydrogen) atoms. The molecule has 1 aromatic rings. The summed E-state index contributed by atoms with van der Waals surface area (Å²) in [6.45, 7) is 6.50. The molecule has 0 heterocycles. The lowest BCUT2D eigenvalue weighted by Gasteiger charge is -2.20. The number of thiocarbonyl (C=S) groups is 1. The Kier molecular flexibility index (Phi) is 7.18. The predicted octanol–water partition coefficient (Wildman–Crippen LogP) is 1.75. The highest BCUT2D eigenvalue weighted by molar-refractivity contribution is 7.80. The van der Waals surface area contributed by atoms with E-state index in [9.17, 15) is 4.79 Å². The van der Waals surface area contributed by atoms with Gasteiger partial charge in [0.1, 0.15) is 4.99 Å². The molecular formula is C15H22N2O2S. The van der Waals surface area contributed by atoms with Crippen LogP contribution in [0.5, 0.6) is 0 Å². The number of nitrogens with two attached hydrogens (primary N) is 1. The standard InChI is InChI=1S/C15H22N2O2S/c1-3-17(9-10-19-4-2)14(18)11-12-5-7-13(8-6-12)15(16)20/h5-8H,3-4,9-11H2,1-2H3,(H2,16,20). The Morgan fingerprint density at radius 1 is 1.30 bits per heavy atom. The normalized spacial score (nSPS) is 10.3. The van der Waals surface area contributed by atoms with Crippen molar-refractivity contribution in [2.45, 2.75) is 20.3 Å². The van der Waals surface area contributed by atoms with Crippen molar-refractivity contribution in [3.63, 3.8) is 0 Å². The van der Waals surface area contributed by atoms with Crippen LogP contribution >= 0.6 is 12.2 Å². The quantitative estimate of drug-likeness (QED) is 0.586. The highest BCUT2D eigenvalue weighted by Gasteiger charge is 2.12. The topological polar surface area (TPSA) is 55.6 Å². The van der Waals surface area contributed by atoms with Gasteiger partial charge < -0.3 is 15.4 Å². The van der Waals surface area contributed by atoms with Gasteiger partial charge in [0.2, 0.25) is 5.91 Å². The number of likely N-dealkylation sites (N-methyl/N-ethyl adjacent to an activating group) is 1. The maximum absolute atomic E-state index is 12.2. The van der Waals surface area contributed by atoms with Crippen molar-refractivity contribution in [1.82, 2.24) is 4.90 Å². The van der Waals surface area contributed by atoms with E-state index in [-0.39, 0.29) is 5.91 Å². The number of carbonyl (C=O) groups is 1. The van der Waals surface area contributed by atoms with Gasteiger partial charge in [0.25, 0.3) is 0 Å². The van der Waals surface area contributed by atoms with Crippen LogP contribution < -0.4 is 5.73 Å². The fraction of sp³-hybridized carbons (Fsp3) is 0.467. The van der Waals surface area contributed by atoms with E-state index in [4.69, 9.17) is 22.7 Å². The molecule has 5 heteroatoms. The fourth-order valence-electron chi connectivity index (χ4n) is 1.85. The van der Waals surface area contributed by atoms with Gasteiger partial charge in [-0.15, -0.1) is 0 Å². The van der Waals surface area contributed by atoms with Crippen LogP contribution in [0.1, 0.15) is 25.0 Å². The summed E-state index contributed by atoms with van der Waals surface area (Å²) in [7, 11) is 0. The van der Waals surface area contributed by atoms with Crippen molar-refractivity contribution in [3.05, 3.63) is 35.4 Å². The molecule has 0 aliphatic carbocycles. The van der Waals surface area contributed by atoms with E-state index in [0.717, 1.165) is 11.1 Å². The van der Waals surface area contributed by atoms with Crippen molar-refractivity contribution in [3.8, 4) is 0 Å². The van der Waals surface area contributed by atoms with Crippen LogP contribution in [-0.4, -0.2) is 42.1 Å². The molecule has 2 N–H and O–H groups in total. The number of benzene rings is 1.